The van der Waals surface area contributed by atoms with Gasteiger partial charge in [0.15, 0.2) is 0 Å². The van der Waals surface area contributed by atoms with Crippen molar-refractivity contribution in [3.05, 3.63) is 41.7 Å². The van der Waals surface area contributed by atoms with Crippen molar-refractivity contribution in [3.8, 4) is 0 Å². The van der Waals surface area contributed by atoms with E-state index in [-0.39, 0.29) is 0 Å². The third kappa shape index (κ3) is 3.49. The van der Waals surface area contributed by atoms with Crippen LogP contribution in [0.2, 0.25) is 0 Å². The second kappa shape index (κ2) is 6.10. The lowest BCUT2D eigenvalue weighted by molar-refractivity contribution is 0.122. The fourth-order valence-electron chi connectivity index (χ4n) is 2.58. The molecule has 110 valence electrons. The molecule has 0 atom stereocenters. The van der Waals surface area contributed by atoms with Crippen LogP contribution in [0.4, 0.5) is 17.3 Å². The molecule has 1 aromatic carbocycles. The van der Waals surface area contributed by atoms with E-state index in [0.29, 0.717) is 0 Å². The number of nitrogens with one attached hydrogen (secondary N) is 1. The smallest absolute Gasteiger partial charge is 0.135 e. The second-order valence-corrected chi connectivity index (χ2v) is 5.36. The van der Waals surface area contributed by atoms with Gasteiger partial charge in [-0.25, -0.2) is 9.97 Å². The molecule has 1 aliphatic rings. The molecule has 1 saturated heterocycles. The van der Waals surface area contributed by atoms with E-state index in [2.05, 4.69) is 52.2 Å². The maximum Gasteiger partial charge on any atom is 0.135 e. The van der Waals surface area contributed by atoms with Gasteiger partial charge in [0, 0.05) is 24.8 Å². The van der Waals surface area contributed by atoms with Crippen LogP contribution in [0.1, 0.15) is 11.1 Å². The zero-order chi connectivity index (χ0) is 14.7. The molecule has 0 saturated carbocycles. The van der Waals surface area contributed by atoms with Gasteiger partial charge in [0.25, 0.3) is 0 Å². The van der Waals surface area contributed by atoms with Crippen molar-refractivity contribution in [1.82, 2.24) is 9.97 Å². The van der Waals surface area contributed by atoms with E-state index in [4.69, 9.17) is 4.74 Å². The van der Waals surface area contributed by atoms with Crippen LogP contribution in [-0.2, 0) is 4.74 Å². The maximum absolute atomic E-state index is 5.37. The Morgan fingerprint density at radius 2 is 1.71 bits per heavy atom. The van der Waals surface area contributed by atoms with Crippen molar-refractivity contribution < 1.29 is 4.74 Å². The summed E-state index contributed by atoms with van der Waals surface area (Å²) < 4.78 is 5.37. The van der Waals surface area contributed by atoms with Crippen molar-refractivity contribution in [2.75, 3.05) is 36.5 Å². The summed E-state index contributed by atoms with van der Waals surface area (Å²) in [5.74, 6) is 1.76. The predicted octanol–water partition coefficient (Wildman–Crippen LogP) is 2.67. The number of aromatic nitrogens is 2. The number of aryl methyl sites for hydroxylation is 2. The van der Waals surface area contributed by atoms with Gasteiger partial charge in [-0.1, -0.05) is 6.07 Å². The standard InChI is InChI=1S/C16H20N4O/c1-12-7-13(2)9-14(8-12)19-15-10-16(18-11-17-15)20-3-5-21-6-4-20/h7-11H,3-6H2,1-2H3,(H,17,18,19). The Morgan fingerprint density at radius 1 is 1.00 bits per heavy atom. The molecule has 0 amide bonds. The number of ether oxygens (including phenoxy) is 1. The van der Waals surface area contributed by atoms with Crippen molar-refractivity contribution in [2.45, 2.75) is 13.8 Å². The molecular weight excluding hydrogens is 264 g/mol. The first-order valence-electron chi connectivity index (χ1n) is 7.21. The number of anilines is 3. The average Bonchev–Trinajstić information content (AvgIpc) is 2.47. The van der Waals surface area contributed by atoms with Crippen LogP contribution in [0.15, 0.2) is 30.6 Å². The molecule has 21 heavy (non-hydrogen) atoms. The van der Waals surface area contributed by atoms with Gasteiger partial charge < -0.3 is 15.0 Å². The minimum Gasteiger partial charge on any atom is -0.378 e. The summed E-state index contributed by atoms with van der Waals surface area (Å²) in [7, 11) is 0. The molecule has 1 aromatic heterocycles. The third-order valence-corrected chi connectivity index (χ3v) is 3.48. The number of rotatable bonds is 3. The highest BCUT2D eigenvalue weighted by atomic mass is 16.5. The fraction of sp³-hybridized carbons (Fsp3) is 0.375. The first kappa shape index (κ1) is 13.8. The Kier molecular flexibility index (Phi) is 4.01. The van der Waals surface area contributed by atoms with Gasteiger partial charge in [0.1, 0.15) is 18.0 Å². The first-order chi connectivity index (χ1) is 10.2. The monoisotopic (exact) mass is 284 g/mol. The Labute approximate surface area is 125 Å². The minimum absolute atomic E-state index is 0.754. The molecule has 0 spiro atoms. The molecule has 0 bridgehead atoms. The van der Waals surface area contributed by atoms with Gasteiger partial charge in [0.2, 0.25) is 0 Å². The maximum atomic E-state index is 5.37. The molecule has 2 aromatic rings. The molecule has 1 fully saturated rings. The quantitative estimate of drug-likeness (QED) is 0.939. The van der Waals surface area contributed by atoms with Crippen LogP contribution in [0, 0.1) is 13.8 Å². The van der Waals surface area contributed by atoms with Crippen LogP contribution in [0.3, 0.4) is 0 Å². The Morgan fingerprint density at radius 3 is 2.43 bits per heavy atom. The van der Waals surface area contributed by atoms with E-state index in [1.165, 1.54) is 11.1 Å². The highest BCUT2D eigenvalue weighted by Gasteiger charge is 2.13. The molecule has 5 heteroatoms. The molecule has 0 radical (unpaired) electrons. The number of nitrogens with zero attached hydrogens (tertiary/aromatic N) is 3. The Balaban J connectivity index is 1.79. The Bertz CT molecular complexity index is 603. The van der Waals surface area contributed by atoms with Crippen molar-refractivity contribution in [2.24, 2.45) is 0 Å². The average molecular weight is 284 g/mol. The molecule has 1 aliphatic heterocycles. The Hall–Kier alpha value is -2.14. The third-order valence-electron chi connectivity index (χ3n) is 3.48. The van der Waals surface area contributed by atoms with Crippen LogP contribution in [0.25, 0.3) is 0 Å². The predicted molar refractivity (Wildman–Crippen MR) is 84.3 cm³/mol. The van der Waals surface area contributed by atoms with Crippen LogP contribution in [0.5, 0.6) is 0 Å². The summed E-state index contributed by atoms with van der Waals surface area (Å²) in [5, 5.41) is 3.36. The minimum atomic E-state index is 0.754. The van der Waals surface area contributed by atoms with Gasteiger partial charge >= 0.3 is 0 Å². The summed E-state index contributed by atoms with van der Waals surface area (Å²) in [4.78, 5) is 10.9. The van der Waals surface area contributed by atoms with Crippen LogP contribution in [-0.4, -0.2) is 36.3 Å². The van der Waals surface area contributed by atoms with Crippen LogP contribution < -0.4 is 10.2 Å². The van der Waals surface area contributed by atoms with Crippen LogP contribution >= 0.6 is 0 Å². The molecule has 0 unspecified atom stereocenters. The number of morpholine rings is 1. The van der Waals surface area contributed by atoms with E-state index in [1.54, 1.807) is 6.33 Å². The highest BCUT2D eigenvalue weighted by Crippen LogP contribution is 2.21. The lowest BCUT2D eigenvalue weighted by Gasteiger charge is -2.27. The highest BCUT2D eigenvalue weighted by molar-refractivity contribution is 5.60. The zero-order valence-electron chi connectivity index (χ0n) is 12.5. The number of hydrogen-bond acceptors (Lipinski definition) is 5. The zero-order valence-corrected chi connectivity index (χ0v) is 12.5. The van der Waals surface area contributed by atoms with Crippen molar-refractivity contribution in [3.63, 3.8) is 0 Å². The van der Waals surface area contributed by atoms with Gasteiger partial charge in [-0.15, -0.1) is 0 Å². The molecule has 3 rings (SSSR count). The lowest BCUT2D eigenvalue weighted by atomic mass is 10.1. The summed E-state index contributed by atoms with van der Waals surface area (Å²) >= 11 is 0. The summed E-state index contributed by atoms with van der Waals surface area (Å²) in [5.41, 5.74) is 3.53. The SMILES string of the molecule is Cc1cc(C)cc(Nc2cc(N3CCOCC3)ncn2)c1. The summed E-state index contributed by atoms with van der Waals surface area (Å²) in [6.45, 7) is 7.45. The van der Waals surface area contributed by atoms with Gasteiger partial charge in [-0.3, -0.25) is 0 Å². The summed E-state index contributed by atoms with van der Waals surface area (Å²) in [6, 6.07) is 8.38. The fourth-order valence-corrected chi connectivity index (χ4v) is 2.58. The molecule has 1 N–H and O–H groups in total. The molecular formula is C16H20N4O. The van der Waals surface area contributed by atoms with E-state index in [0.717, 1.165) is 43.6 Å². The van der Waals surface area contributed by atoms with E-state index in [9.17, 15) is 0 Å². The van der Waals surface area contributed by atoms with E-state index in [1.807, 2.05) is 6.07 Å². The lowest BCUT2D eigenvalue weighted by Crippen LogP contribution is -2.36. The molecule has 0 aliphatic carbocycles. The van der Waals surface area contributed by atoms with E-state index < -0.39 is 0 Å². The summed E-state index contributed by atoms with van der Waals surface area (Å²) in [6.07, 6.45) is 1.61. The van der Waals surface area contributed by atoms with Crippen molar-refractivity contribution in [1.29, 1.82) is 0 Å². The van der Waals surface area contributed by atoms with Gasteiger partial charge in [0.05, 0.1) is 13.2 Å². The van der Waals surface area contributed by atoms with Crippen molar-refractivity contribution >= 4 is 17.3 Å². The number of hydrogen-bond donors (Lipinski definition) is 1. The van der Waals surface area contributed by atoms with Gasteiger partial charge in [-0.05, 0) is 37.1 Å². The normalized spacial score (nSPS) is 15.0. The van der Waals surface area contributed by atoms with Gasteiger partial charge in [-0.2, -0.15) is 0 Å². The molecule has 5 nitrogen and oxygen atoms in total. The largest absolute Gasteiger partial charge is 0.378 e. The second-order valence-electron chi connectivity index (χ2n) is 5.36. The number of benzene rings is 1. The topological polar surface area (TPSA) is 50.3 Å². The van der Waals surface area contributed by atoms with E-state index >= 15 is 0 Å². The molecule has 2 heterocycles. The first-order valence-corrected chi connectivity index (χ1v) is 7.21.